The van der Waals surface area contributed by atoms with Crippen molar-refractivity contribution in [3.05, 3.63) is 95.6 Å². The number of amides is 1. The van der Waals surface area contributed by atoms with Crippen LogP contribution in [0, 0.1) is 6.92 Å². The highest BCUT2D eigenvalue weighted by Crippen LogP contribution is 2.30. The summed E-state index contributed by atoms with van der Waals surface area (Å²) in [5.41, 5.74) is 2.57. The Kier molecular flexibility index (Phi) is 6.30. The highest BCUT2D eigenvalue weighted by Gasteiger charge is 2.34. The van der Waals surface area contributed by atoms with Gasteiger partial charge in [0.15, 0.2) is 0 Å². The third-order valence-corrected chi connectivity index (χ3v) is 7.72. The van der Waals surface area contributed by atoms with Crippen LogP contribution in [0.4, 0.5) is 0 Å². The molecule has 0 radical (unpaired) electrons. The number of nitrogens with zero attached hydrogens (tertiary/aromatic N) is 2. The number of phenols is 1. The van der Waals surface area contributed by atoms with E-state index in [1.807, 2.05) is 60.7 Å². The standard InChI is InChI=1S/C25H26N2O4S/c1-19-12-13-22(28)23(18-19)32(30,31)27-16-14-26(15-17-27)25(29)24(20-8-4-2-5-9-20)21-10-6-3-7-11-21/h2-13,18,24,28H,14-17H2,1H3. The molecule has 1 saturated heterocycles. The first kappa shape index (κ1) is 22.0. The van der Waals surface area contributed by atoms with Gasteiger partial charge in [0.25, 0.3) is 0 Å². The fourth-order valence-electron chi connectivity index (χ4n) is 4.07. The molecule has 4 rings (SSSR count). The molecule has 1 heterocycles. The molecule has 1 aliphatic rings. The maximum atomic E-state index is 13.5. The lowest BCUT2D eigenvalue weighted by atomic mass is 9.90. The number of rotatable bonds is 5. The van der Waals surface area contributed by atoms with Gasteiger partial charge in [0.1, 0.15) is 10.6 Å². The number of carbonyl (C=O) groups is 1. The van der Waals surface area contributed by atoms with Crippen LogP contribution >= 0.6 is 0 Å². The second-order valence-corrected chi connectivity index (χ2v) is 9.86. The van der Waals surface area contributed by atoms with Gasteiger partial charge in [-0.05, 0) is 35.7 Å². The van der Waals surface area contributed by atoms with Gasteiger partial charge in [-0.2, -0.15) is 4.31 Å². The predicted molar refractivity (Wildman–Crippen MR) is 123 cm³/mol. The van der Waals surface area contributed by atoms with E-state index in [1.54, 1.807) is 17.9 Å². The van der Waals surface area contributed by atoms with E-state index in [4.69, 9.17) is 0 Å². The van der Waals surface area contributed by atoms with Gasteiger partial charge in [0.05, 0.1) is 5.92 Å². The van der Waals surface area contributed by atoms with Crippen molar-refractivity contribution < 1.29 is 18.3 Å². The van der Waals surface area contributed by atoms with Gasteiger partial charge in [-0.3, -0.25) is 4.79 Å². The molecule has 1 N–H and O–H groups in total. The molecule has 3 aromatic rings. The van der Waals surface area contributed by atoms with Gasteiger partial charge in [-0.25, -0.2) is 8.42 Å². The molecule has 32 heavy (non-hydrogen) atoms. The molecule has 0 atom stereocenters. The first-order chi connectivity index (χ1) is 15.4. The number of hydrogen-bond donors (Lipinski definition) is 1. The van der Waals surface area contributed by atoms with E-state index in [9.17, 15) is 18.3 Å². The SMILES string of the molecule is Cc1ccc(O)c(S(=O)(=O)N2CCN(C(=O)C(c3ccccc3)c3ccccc3)CC2)c1. The molecule has 1 aliphatic heterocycles. The van der Waals surface area contributed by atoms with E-state index in [2.05, 4.69) is 0 Å². The van der Waals surface area contributed by atoms with Crippen molar-refractivity contribution in [3.8, 4) is 5.75 Å². The van der Waals surface area contributed by atoms with Gasteiger partial charge < -0.3 is 10.0 Å². The normalized spacial score (nSPS) is 15.1. The zero-order valence-electron chi connectivity index (χ0n) is 17.9. The summed E-state index contributed by atoms with van der Waals surface area (Å²) in [5, 5.41) is 10.1. The first-order valence-corrected chi connectivity index (χ1v) is 12.0. The highest BCUT2D eigenvalue weighted by molar-refractivity contribution is 7.89. The largest absolute Gasteiger partial charge is 0.507 e. The lowest BCUT2D eigenvalue weighted by Gasteiger charge is -2.36. The number of carbonyl (C=O) groups excluding carboxylic acids is 1. The van der Waals surface area contributed by atoms with Gasteiger partial charge in [0.2, 0.25) is 15.9 Å². The number of aromatic hydroxyl groups is 1. The van der Waals surface area contributed by atoms with Crippen LogP contribution in [-0.4, -0.2) is 54.8 Å². The maximum Gasteiger partial charge on any atom is 0.246 e. The first-order valence-electron chi connectivity index (χ1n) is 10.6. The van der Waals surface area contributed by atoms with Gasteiger partial charge in [-0.1, -0.05) is 66.7 Å². The molecular formula is C25H26N2O4S. The van der Waals surface area contributed by atoms with Crippen molar-refractivity contribution in [1.82, 2.24) is 9.21 Å². The zero-order chi connectivity index (χ0) is 22.7. The molecule has 0 bridgehead atoms. The molecule has 7 heteroatoms. The number of piperazine rings is 1. The van der Waals surface area contributed by atoms with Crippen LogP contribution in [0.3, 0.4) is 0 Å². The van der Waals surface area contributed by atoms with Gasteiger partial charge >= 0.3 is 0 Å². The van der Waals surface area contributed by atoms with Crippen LogP contribution in [0.1, 0.15) is 22.6 Å². The predicted octanol–water partition coefficient (Wildman–Crippen LogP) is 3.37. The van der Waals surface area contributed by atoms with E-state index in [-0.39, 0.29) is 29.6 Å². The van der Waals surface area contributed by atoms with E-state index in [0.717, 1.165) is 16.7 Å². The average Bonchev–Trinajstić information content (AvgIpc) is 2.82. The summed E-state index contributed by atoms with van der Waals surface area (Å²) in [7, 11) is -3.84. The molecule has 0 spiro atoms. The molecule has 1 fully saturated rings. The summed E-state index contributed by atoms with van der Waals surface area (Å²) >= 11 is 0. The number of aryl methyl sites for hydroxylation is 1. The summed E-state index contributed by atoms with van der Waals surface area (Å²) in [6, 6.07) is 23.8. The van der Waals surface area contributed by atoms with Crippen molar-refractivity contribution in [2.24, 2.45) is 0 Å². The quantitative estimate of drug-likeness (QED) is 0.647. The second kappa shape index (κ2) is 9.14. The molecule has 0 aliphatic carbocycles. The van der Waals surface area contributed by atoms with E-state index in [1.165, 1.54) is 16.4 Å². The summed E-state index contributed by atoms with van der Waals surface area (Å²) in [5.74, 6) is -0.749. The van der Waals surface area contributed by atoms with Crippen molar-refractivity contribution >= 4 is 15.9 Å². The third kappa shape index (κ3) is 4.40. The molecule has 166 valence electrons. The average molecular weight is 451 g/mol. The fourth-order valence-corrected chi connectivity index (χ4v) is 5.66. The van der Waals surface area contributed by atoms with Gasteiger partial charge in [0, 0.05) is 26.2 Å². The molecule has 0 saturated carbocycles. The molecule has 6 nitrogen and oxygen atoms in total. The van der Waals surface area contributed by atoms with Crippen molar-refractivity contribution in [1.29, 1.82) is 0 Å². The Morgan fingerprint density at radius 1 is 0.844 bits per heavy atom. The summed E-state index contributed by atoms with van der Waals surface area (Å²) in [6.45, 7) is 2.72. The minimum absolute atomic E-state index is 0.0437. The number of benzene rings is 3. The molecular weight excluding hydrogens is 424 g/mol. The highest BCUT2D eigenvalue weighted by atomic mass is 32.2. The smallest absolute Gasteiger partial charge is 0.246 e. The van der Waals surface area contributed by atoms with Crippen molar-refractivity contribution in [2.75, 3.05) is 26.2 Å². The van der Waals surface area contributed by atoms with Crippen molar-refractivity contribution in [2.45, 2.75) is 17.7 Å². The Labute approximate surface area is 188 Å². The Hall–Kier alpha value is -3.16. The molecule has 3 aromatic carbocycles. The summed E-state index contributed by atoms with van der Waals surface area (Å²) < 4.78 is 27.5. The monoisotopic (exact) mass is 450 g/mol. The van der Waals surface area contributed by atoms with Crippen LogP contribution < -0.4 is 0 Å². The van der Waals surface area contributed by atoms with E-state index < -0.39 is 15.9 Å². The lowest BCUT2D eigenvalue weighted by molar-refractivity contribution is -0.133. The van der Waals surface area contributed by atoms with E-state index >= 15 is 0 Å². The van der Waals surface area contributed by atoms with Crippen LogP contribution in [0.2, 0.25) is 0 Å². The number of phenolic OH excluding ortho intramolecular Hbond substituents is 1. The van der Waals surface area contributed by atoms with E-state index in [0.29, 0.717) is 13.1 Å². The Bertz CT molecular complexity index is 1150. The molecule has 1 amide bonds. The van der Waals surface area contributed by atoms with Crippen LogP contribution in [0.25, 0.3) is 0 Å². The zero-order valence-corrected chi connectivity index (χ0v) is 18.7. The Morgan fingerprint density at radius 3 is 1.91 bits per heavy atom. The Morgan fingerprint density at radius 2 is 1.38 bits per heavy atom. The van der Waals surface area contributed by atoms with Gasteiger partial charge in [-0.15, -0.1) is 0 Å². The Balaban J connectivity index is 1.54. The summed E-state index contributed by atoms with van der Waals surface area (Å²) in [4.78, 5) is 15.2. The van der Waals surface area contributed by atoms with Crippen molar-refractivity contribution in [3.63, 3.8) is 0 Å². The summed E-state index contributed by atoms with van der Waals surface area (Å²) in [6.07, 6.45) is 0. The second-order valence-electron chi connectivity index (χ2n) is 7.95. The molecule has 0 aromatic heterocycles. The van der Waals surface area contributed by atoms with Crippen LogP contribution in [0.5, 0.6) is 5.75 Å². The topological polar surface area (TPSA) is 77.9 Å². The minimum Gasteiger partial charge on any atom is -0.507 e. The number of hydrogen-bond acceptors (Lipinski definition) is 4. The lowest BCUT2D eigenvalue weighted by Crippen LogP contribution is -2.51. The fraction of sp³-hybridized carbons (Fsp3) is 0.240. The maximum absolute atomic E-state index is 13.5. The number of sulfonamides is 1. The minimum atomic E-state index is -3.84. The van der Waals surface area contributed by atoms with Crippen LogP contribution in [-0.2, 0) is 14.8 Å². The third-order valence-electron chi connectivity index (χ3n) is 5.80. The van der Waals surface area contributed by atoms with Crippen LogP contribution in [0.15, 0.2) is 83.8 Å². The molecule has 0 unspecified atom stereocenters.